The Hall–Kier alpha value is -1.66. The van der Waals surface area contributed by atoms with E-state index in [1.807, 2.05) is 20.9 Å². The molecule has 1 aliphatic heterocycles. The average molecular weight is 349 g/mol. The monoisotopic (exact) mass is 349 g/mol. The molecule has 1 aromatic heterocycles. The van der Waals surface area contributed by atoms with Gasteiger partial charge < -0.3 is 15.1 Å². The first kappa shape index (κ1) is 19.7. The lowest BCUT2D eigenvalue weighted by atomic mass is 9.84. The van der Waals surface area contributed by atoms with Crippen molar-refractivity contribution in [1.29, 1.82) is 0 Å². The fourth-order valence-electron chi connectivity index (χ4n) is 3.43. The van der Waals surface area contributed by atoms with Gasteiger partial charge in [0.1, 0.15) is 6.10 Å². The molecule has 0 bridgehead atoms. The summed E-state index contributed by atoms with van der Waals surface area (Å²) in [5, 5.41) is 25.3. The Morgan fingerprint density at radius 3 is 2.68 bits per heavy atom. The highest BCUT2D eigenvalue weighted by atomic mass is 16.3. The molecule has 0 spiro atoms. The highest BCUT2D eigenvalue weighted by molar-refractivity contribution is 5.92. The number of amides is 1. The molecule has 2 rings (SSSR count). The van der Waals surface area contributed by atoms with Crippen molar-refractivity contribution in [3.63, 3.8) is 0 Å². The van der Waals surface area contributed by atoms with E-state index in [0.29, 0.717) is 19.4 Å². The van der Waals surface area contributed by atoms with Gasteiger partial charge >= 0.3 is 0 Å². The van der Waals surface area contributed by atoms with Gasteiger partial charge in [-0.1, -0.05) is 26.2 Å². The predicted molar refractivity (Wildman–Crippen MR) is 98.0 cm³/mol. The molecule has 0 saturated carbocycles. The van der Waals surface area contributed by atoms with Crippen LogP contribution in [0.4, 0.5) is 0 Å². The van der Waals surface area contributed by atoms with Crippen molar-refractivity contribution in [2.45, 2.75) is 64.6 Å². The SMILES string of the molecule is CCCCC[C@]1(O)CCN(C(=O)/C=C/c2c(C)nn(C)c2C)C[C@@H]1O. The number of nitrogens with zero attached hydrogens (tertiary/aromatic N) is 3. The number of unbranched alkanes of at least 4 members (excludes halogenated alkanes) is 2. The standard InChI is InChI=1S/C19H31N3O3/c1-5-6-7-10-19(25)11-12-22(13-17(19)23)18(24)9-8-16-14(2)20-21(4)15(16)3/h8-9,17,23,25H,5-7,10-13H2,1-4H3/b9-8+/t17-,19-/m0/s1. The fourth-order valence-corrected chi connectivity index (χ4v) is 3.43. The van der Waals surface area contributed by atoms with Crippen molar-refractivity contribution in [2.75, 3.05) is 13.1 Å². The smallest absolute Gasteiger partial charge is 0.246 e. The minimum Gasteiger partial charge on any atom is -0.388 e. The summed E-state index contributed by atoms with van der Waals surface area (Å²) in [5.74, 6) is -0.141. The van der Waals surface area contributed by atoms with Gasteiger partial charge in [0.2, 0.25) is 5.91 Å². The third kappa shape index (κ3) is 4.50. The minimum atomic E-state index is -1.06. The zero-order chi connectivity index (χ0) is 18.6. The average Bonchev–Trinajstić information content (AvgIpc) is 2.81. The van der Waals surface area contributed by atoms with Gasteiger partial charge in [-0.3, -0.25) is 9.48 Å². The van der Waals surface area contributed by atoms with E-state index >= 15 is 0 Å². The van der Waals surface area contributed by atoms with E-state index in [1.165, 1.54) is 6.08 Å². The number of carbonyl (C=O) groups is 1. The summed E-state index contributed by atoms with van der Waals surface area (Å²) in [4.78, 5) is 14.0. The lowest BCUT2D eigenvalue weighted by molar-refractivity contribution is -0.146. The molecule has 1 aliphatic rings. The van der Waals surface area contributed by atoms with Gasteiger partial charge in [-0.05, 0) is 32.8 Å². The molecule has 140 valence electrons. The summed E-state index contributed by atoms with van der Waals surface area (Å²) in [6, 6.07) is 0. The summed E-state index contributed by atoms with van der Waals surface area (Å²) in [6.07, 6.45) is 6.46. The highest BCUT2D eigenvalue weighted by Crippen LogP contribution is 2.28. The summed E-state index contributed by atoms with van der Waals surface area (Å²) in [6.45, 7) is 6.63. The number of rotatable bonds is 6. The van der Waals surface area contributed by atoms with Crippen molar-refractivity contribution in [1.82, 2.24) is 14.7 Å². The van der Waals surface area contributed by atoms with Crippen LogP contribution in [0.1, 0.15) is 56.0 Å². The number of piperidine rings is 1. The Labute approximate surface area is 150 Å². The van der Waals surface area contributed by atoms with Gasteiger partial charge in [-0.2, -0.15) is 5.10 Å². The topological polar surface area (TPSA) is 78.6 Å². The van der Waals surface area contributed by atoms with Crippen LogP contribution in [0.25, 0.3) is 6.08 Å². The molecule has 0 aliphatic carbocycles. The van der Waals surface area contributed by atoms with Crippen molar-refractivity contribution >= 4 is 12.0 Å². The van der Waals surface area contributed by atoms with Gasteiger partial charge in [0.15, 0.2) is 0 Å². The first-order valence-corrected chi connectivity index (χ1v) is 9.16. The number of aryl methyl sites for hydroxylation is 2. The number of aliphatic hydroxyl groups is 2. The van der Waals surface area contributed by atoms with Crippen LogP contribution in [0.3, 0.4) is 0 Å². The van der Waals surface area contributed by atoms with Crippen LogP contribution in [0.5, 0.6) is 0 Å². The Balaban J connectivity index is 1.97. The van der Waals surface area contributed by atoms with Crippen LogP contribution in [-0.4, -0.2) is 55.6 Å². The number of aliphatic hydroxyl groups excluding tert-OH is 1. The molecule has 0 aromatic carbocycles. The van der Waals surface area contributed by atoms with E-state index < -0.39 is 11.7 Å². The van der Waals surface area contributed by atoms with Crippen LogP contribution in [0, 0.1) is 13.8 Å². The quantitative estimate of drug-likeness (QED) is 0.608. The normalized spacial score (nSPS) is 24.2. The lowest BCUT2D eigenvalue weighted by Crippen LogP contribution is -2.56. The van der Waals surface area contributed by atoms with E-state index in [-0.39, 0.29) is 12.5 Å². The maximum Gasteiger partial charge on any atom is 0.246 e. The van der Waals surface area contributed by atoms with Crippen LogP contribution in [0.15, 0.2) is 6.08 Å². The van der Waals surface area contributed by atoms with Gasteiger partial charge in [0.25, 0.3) is 0 Å². The zero-order valence-electron chi connectivity index (χ0n) is 15.8. The molecule has 2 atom stereocenters. The zero-order valence-corrected chi connectivity index (χ0v) is 15.8. The van der Waals surface area contributed by atoms with Gasteiger partial charge in [-0.25, -0.2) is 0 Å². The summed E-state index contributed by atoms with van der Waals surface area (Å²) in [5.41, 5.74) is 1.77. The molecule has 6 heteroatoms. The Kier molecular flexibility index (Phi) is 6.41. The molecule has 1 amide bonds. The number of hydrogen-bond acceptors (Lipinski definition) is 4. The minimum absolute atomic E-state index is 0.141. The molecular formula is C19H31N3O3. The lowest BCUT2D eigenvalue weighted by Gasteiger charge is -2.42. The van der Waals surface area contributed by atoms with Crippen molar-refractivity contribution in [2.24, 2.45) is 7.05 Å². The number of likely N-dealkylation sites (tertiary alicyclic amines) is 1. The number of aromatic nitrogens is 2. The van der Waals surface area contributed by atoms with Crippen LogP contribution in [-0.2, 0) is 11.8 Å². The third-order valence-corrected chi connectivity index (χ3v) is 5.31. The molecule has 2 N–H and O–H groups in total. The first-order chi connectivity index (χ1) is 11.8. The van der Waals surface area contributed by atoms with Gasteiger partial charge in [-0.15, -0.1) is 0 Å². The fraction of sp³-hybridized carbons (Fsp3) is 0.684. The maximum atomic E-state index is 12.4. The van der Waals surface area contributed by atoms with Crippen molar-refractivity contribution in [3.8, 4) is 0 Å². The Morgan fingerprint density at radius 2 is 2.12 bits per heavy atom. The Morgan fingerprint density at radius 1 is 1.40 bits per heavy atom. The van der Waals surface area contributed by atoms with Crippen LogP contribution in [0.2, 0.25) is 0 Å². The molecule has 1 fully saturated rings. The number of β-amino-alcohol motifs (C(OH)–C–C–N with tert-alkyl or cyclic N) is 1. The molecular weight excluding hydrogens is 318 g/mol. The molecule has 1 saturated heterocycles. The summed E-state index contributed by atoms with van der Waals surface area (Å²) in [7, 11) is 1.88. The van der Waals surface area contributed by atoms with Crippen LogP contribution < -0.4 is 0 Å². The molecule has 0 radical (unpaired) electrons. The third-order valence-electron chi connectivity index (χ3n) is 5.31. The Bertz CT molecular complexity index is 638. The first-order valence-electron chi connectivity index (χ1n) is 9.16. The van der Waals surface area contributed by atoms with Crippen molar-refractivity contribution in [3.05, 3.63) is 23.0 Å². The summed E-state index contributed by atoms with van der Waals surface area (Å²) < 4.78 is 1.79. The molecule has 2 heterocycles. The second kappa shape index (κ2) is 8.15. The maximum absolute atomic E-state index is 12.4. The number of hydrogen-bond donors (Lipinski definition) is 2. The van der Waals surface area contributed by atoms with Crippen LogP contribution >= 0.6 is 0 Å². The van der Waals surface area contributed by atoms with E-state index in [0.717, 1.165) is 36.2 Å². The predicted octanol–water partition coefficient (Wildman–Crippen LogP) is 1.95. The van der Waals surface area contributed by atoms with Gasteiger partial charge in [0.05, 0.1) is 11.3 Å². The molecule has 25 heavy (non-hydrogen) atoms. The second-order valence-electron chi connectivity index (χ2n) is 7.15. The highest BCUT2D eigenvalue weighted by Gasteiger charge is 2.40. The van der Waals surface area contributed by atoms with E-state index in [1.54, 1.807) is 15.7 Å². The molecule has 0 unspecified atom stereocenters. The van der Waals surface area contributed by atoms with E-state index in [2.05, 4.69) is 12.0 Å². The second-order valence-corrected chi connectivity index (χ2v) is 7.15. The largest absolute Gasteiger partial charge is 0.388 e. The number of carbonyl (C=O) groups excluding carboxylic acids is 1. The van der Waals surface area contributed by atoms with Crippen molar-refractivity contribution < 1.29 is 15.0 Å². The molecule has 6 nitrogen and oxygen atoms in total. The van der Waals surface area contributed by atoms with Gasteiger partial charge in [0, 0.05) is 37.5 Å². The summed E-state index contributed by atoms with van der Waals surface area (Å²) >= 11 is 0. The van der Waals surface area contributed by atoms with E-state index in [4.69, 9.17) is 0 Å². The van der Waals surface area contributed by atoms with E-state index in [9.17, 15) is 15.0 Å². The molecule has 1 aromatic rings.